The van der Waals surface area contributed by atoms with Gasteiger partial charge in [-0.25, -0.2) is 28.7 Å². The van der Waals surface area contributed by atoms with E-state index in [9.17, 15) is 13.6 Å². The lowest BCUT2D eigenvalue weighted by Gasteiger charge is -2.22. The van der Waals surface area contributed by atoms with Crippen molar-refractivity contribution in [3.8, 4) is 28.0 Å². The predicted molar refractivity (Wildman–Crippen MR) is 152 cm³/mol. The number of halogens is 2. The average Bonchev–Trinajstić information content (AvgIpc) is 3.25. The highest BCUT2D eigenvalue weighted by Gasteiger charge is 2.59. The minimum absolute atomic E-state index is 0.0403. The smallest absolute Gasteiger partial charge is 0.270 e. The molecule has 0 radical (unpaired) electrons. The molecule has 0 spiro atoms. The number of hydrogen-bond donors (Lipinski definition) is 1. The first-order chi connectivity index (χ1) is 19.4. The molecule has 212 valence electrons. The zero-order valence-electron chi connectivity index (χ0n) is 23.1. The molecule has 3 atom stereocenters. The quantitative estimate of drug-likeness (QED) is 0.313. The van der Waals surface area contributed by atoms with E-state index in [1.54, 1.807) is 30.6 Å². The summed E-state index contributed by atoms with van der Waals surface area (Å²) in [5, 5.41) is 0.625. The largest absolute Gasteiger partial charge is 0.474 e. The fourth-order valence-corrected chi connectivity index (χ4v) is 6.20. The number of piperidine rings is 1. The second-order valence-corrected chi connectivity index (χ2v) is 12.4. The molecule has 3 aromatic heterocycles. The number of aryl methyl sites for hydroxylation is 1. The van der Waals surface area contributed by atoms with Crippen LogP contribution in [0.4, 0.5) is 8.78 Å². The van der Waals surface area contributed by atoms with Crippen molar-refractivity contribution in [1.29, 1.82) is 0 Å². The summed E-state index contributed by atoms with van der Waals surface area (Å²) in [6, 6.07) is 11.5. The van der Waals surface area contributed by atoms with Crippen LogP contribution >= 0.6 is 11.3 Å². The van der Waals surface area contributed by atoms with Gasteiger partial charge in [-0.15, -0.1) is 11.3 Å². The Balaban J connectivity index is 1.16. The summed E-state index contributed by atoms with van der Waals surface area (Å²) >= 11 is 1.31. The summed E-state index contributed by atoms with van der Waals surface area (Å²) in [6.07, 6.45) is 3.24. The van der Waals surface area contributed by atoms with Gasteiger partial charge in [0.25, 0.3) is 11.8 Å². The van der Waals surface area contributed by atoms with Gasteiger partial charge in [-0.2, -0.15) is 0 Å². The molecule has 4 heterocycles. The molecule has 4 aromatic rings. The number of carbonyl (C=O) groups excluding carboxylic acids is 1. The van der Waals surface area contributed by atoms with Crippen LogP contribution < -0.4 is 10.5 Å². The van der Waals surface area contributed by atoms with E-state index in [-0.39, 0.29) is 29.4 Å². The number of nitrogens with zero attached hydrogens (tertiary/aromatic N) is 5. The molecule has 2 fully saturated rings. The van der Waals surface area contributed by atoms with Gasteiger partial charge in [0, 0.05) is 67.0 Å². The summed E-state index contributed by atoms with van der Waals surface area (Å²) in [5.74, 6) is -1.61. The highest BCUT2D eigenvalue weighted by molar-refractivity contribution is 7.17. The van der Waals surface area contributed by atoms with Crippen LogP contribution in [0, 0.1) is 18.8 Å². The standard InChI is InChI=1S/C30H30F2N6O2S/c1-16-25(41-27(36-16)26-34-10-5-11-35-26)28(39)38-14-20-21(15-38)24(20)40-23-13-19(29(2,3)33)12-22(37-23)17-6-8-18(9-7-17)30(4,31)32/h5-13,20-21,24H,14-15,33H2,1-4H3/t20-,21+,24?. The zero-order valence-corrected chi connectivity index (χ0v) is 24.0. The van der Waals surface area contributed by atoms with Crippen molar-refractivity contribution < 1.29 is 18.3 Å². The van der Waals surface area contributed by atoms with Crippen LogP contribution in [-0.4, -0.2) is 49.9 Å². The lowest BCUT2D eigenvalue weighted by molar-refractivity contribution is 0.0175. The third kappa shape index (κ3) is 5.43. The first kappa shape index (κ1) is 27.3. The normalized spacial score (nSPS) is 20.2. The van der Waals surface area contributed by atoms with E-state index in [1.165, 1.54) is 23.5 Å². The molecule has 41 heavy (non-hydrogen) atoms. The minimum atomic E-state index is -2.92. The van der Waals surface area contributed by atoms with E-state index in [0.717, 1.165) is 12.5 Å². The first-order valence-corrected chi connectivity index (χ1v) is 14.2. The molecule has 1 aromatic carbocycles. The Labute approximate surface area is 240 Å². The van der Waals surface area contributed by atoms with E-state index in [4.69, 9.17) is 15.5 Å². The Kier molecular flexibility index (Phi) is 6.61. The summed E-state index contributed by atoms with van der Waals surface area (Å²) < 4.78 is 33.8. The lowest BCUT2D eigenvalue weighted by Crippen LogP contribution is -2.33. The summed E-state index contributed by atoms with van der Waals surface area (Å²) in [6.45, 7) is 7.66. The summed E-state index contributed by atoms with van der Waals surface area (Å²) in [5.41, 5.74) is 8.48. The summed E-state index contributed by atoms with van der Waals surface area (Å²) in [4.78, 5) is 33.5. The molecule has 6 rings (SSSR count). The van der Waals surface area contributed by atoms with E-state index in [2.05, 4.69) is 15.0 Å². The minimum Gasteiger partial charge on any atom is -0.474 e. The van der Waals surface area contributed by atoms with Gasteiger partial charge in [-0.1, -0.05) is 24.3 Å². The van der Waals surface area contributed by atoms with Gasteiger partial charge < -0.3 is 15.4 Å². The SMILES string of the molecule is Cc1nc(-c2ncccn2)sc1C(=O)N1C[C@@H]2C(Oc3cc(C(C)(C)N)cc(-c4ccc(C(C)(F)F)cc4)n3)[C@@H]2C1. The van der Waals surface area contributed by atoms with E-state index < -0.39 is 11.5 Å². The maximum absolute atomic E-state index is 13.7. The van der Waals surface area contributed by atoms with Gasteiger partial charge in [0.15, 0.2) is 10.8 Å². The highest BCUT2D eigenvalue weighted by Crippen LogP contribution is 2.48. The highest BCUT2D eigenvalue weighted by atomic mass is 32.1. The number of nitrogens with two attached hydrogens (primary N) is 1. The lowest BCUT2D eigenvalue weighted by atomic mass is 9.94. The molecule has 1 aliphatic carbocycles. The van der Waals surface area contributed by atoms with Gasteiger partial charge in [0.1, 0.15) is 11.0 Å². The molecule has 1 saturated heterocycles. The number of thiazole rings is 1. The molecule has 2 aliphatic rings. The number of carbonyl (C=O) groups is 1. The molecule has 1 unspecified atom stereocenters. The van der Waals surface area contributed by atoms with Crippen LogP contribution in [-0.2, 0) is 11.5 Å². The molecule has 1 aliphatic heterocycles. The molecule has 1 saturated carbocycles. The van der Waals surface area contributed by atoms with E-state index in [0.29, 0.717) is 51.6 Å². The molecular weight excluding hydrogens is 546 g/mol. The van der Waals surface area contributed by atoms with Crippen molar-refractivity contribution in [1.82, 2.24) is 24.8 Å². The molecule has 0 bridgehead atoms. The van der Waals surface area contributed by atoms with Crippen molar-refractivity contribution >= 4 is 17.2 Å². The van der Waals surface area contributed by atoms with Gasteiger partial charge in [-0.3, -0.25) is 4.79 Å². The molecule has 11 heteroatoms. The van der Waals surface area contributed by atoms with Crippen molar-refractivity contribution in [2.24, 2.45) is 17.6 Å². The van der Waals surface area contributed by atoms with Crippen LogP contribution in [0.25, 0.3) is 22.1 Å². The molecule has 8 nitrogen and oxygen atoms in total. The van der Waals surface area contributed by atoms with Crippen molar-refractivity contribution in [2.75, 3.05) is 13.1 Å². The van der Waals surface area contributed by atoms with Crippen LogP contribution in [0.15, 0.2) is 54.9 Å². The fourth-order valence-electron chi connectivity index (χ4n) is 5.21. The number of amides is 1. The van der Waals surface area contributed by atoms with E-state index >= 15 is 0 Å². The number of rotatable bonds is 7. The Morgan fingerprint density at radius 2 is 1.68 bits per heavy atom. The Bertz CT molecular complexity index is 1590. The monoisotopic (exact) mass is 576 g/mol. The van der Waals surface area contributed by atoms with Gasteiger partial charge in [0.2, 0.25) is 5.88 Å². The topological polar surface area (TPSA) is 107 Å². The van der Waals surface area contributed by atoms with E-state index in [1.807, 2.05) is 37.8 Å². The van der Waals surface area contributed by atoms with Gasteiger partial charge >= 0.3 is 0 Å². The fraction of sp³-hybridized carbons (Fsp3) is 0.367. The number of hydrogen-bond acceptors (Lipinski definition) is 8. The zero-order chi connectivity index (χ0) is 29.1. The number of alkyl halides is 2. The Hall–Kier alpha value is -3.83. The number of benzene rings is 1. The first-order valence-electron chi connectivity index (χ1n) is 13.4. The average molecular weight is 577 g/mol. The van der Waals surface area contributed by atoms with Crippen molar-refractivity contribution in [3.05, 3.63) is 76.6 Å². The number of ether oxygens (including phenoxy) is 1. The third-order valence-corrected chi connectivity index (χ3v) is 8.78. The second kappa shape index (κ2) is 9.92. The Morgan fingerprint density at radius 1 is 1.02 bits per heavy atom. The Morgan fingerprint density at radius 3 is 2.29 bits per heavy atom. The maximum Gasteiger partial charge on any atom is 0.270 e. The van der Waals surface area contributed by atoms with Crippen molar-refractivity contribution in [3.63, 3.8) is 0 Å². The van der Waals surface area contributed by atoms with Gasteiger partial charge in [0.05, 0.1) is 11.4 Å². The van der Waals surface area contributed by atoms with Crippen LogP contribution in [0.2, 0.25) is 0 Å². The van der Waals surface area contributed by atoms with Crippen LogP contribution in [0.5, 0.6) is 5.88 Å². The summed E-state index contributed by atoms with van der Waals surface area (Å²) in [7, 11) is 0. The molecule has 2 N–H and O–H groups in total. The van der Waals surface area contributed by atoms with Crippen LogP contribution in [0.1, 0.15) is 47.3 Å². The number of aromatic nitrogens is 4. The maximum atomic E-state index is 13.7. The van der Waals surface area contributed by atoms with Crippen LogP contribution in [0.3, 0.4) is 0 Å². The second-order valence-electron chi connectivity index (χ2n) is 11.4. The number of pyridine rings is 1. The molecular formula is C30H30F2N6O2S. The van der Waals surface area contributed by atoms with Crippen molar-refractivity contribution in [2.45, 2.75) is 45.3 Å². The number of fused-ring (bicyclic) bond motifs is 1. The van der Waals surface area contributed by atoms with Gasteiger partial charge in [-0.05, 0) is 38.5 Å². The third-order valence-electron chi connectivity index (χ3n) is 7.64. The molecule has 1 amide bonds. The predicted octanol–water partition coefficient (Wildman–Crippen LogP) is 5.43. The number of likely N-dealkylation sites (tertiary alicyclic amines) is 1.